The van der Waals surface area contributed by atoms with Gasteiger partial charge in [-0.15, -0.1) is 0 Å². The van der Waals surface area contributed by atoms with Gasteiger partial charge in [-0.3, -0.25) is 14.4 Å². The van der Waals surface area contributed by atoms with Crippen LogP contribution in [0, 0.1) is 5.92 Å². The summed E-state index contributed by atoms with van der Waals surface area (Å²) in [5.41, 5.74) is 4.86. The minimum absolute atomic E-state index is 0.0561. The maximum atomic E-state index is 13.1. The van der Waals surface area contributed by atoms with Crippen LogP contribution >= 0.6 is 0 Å². The van der Waals surface area contributed by atoms with Gasteiger partial charge in [-0.2, -0.15) is 0 Å². The second kappa shape index (κ2) is 12.4. The van der Waals surface area contributed by atoms with Crippen LogP contribution in [0.1, 0.15) is 59.3 Å². The van der Waals surface area contributed by atoms with Crippen LogP contribution in [-0.4, -0.2) is 71.7 Å². The Kier molecular flexibility index (Phi) is 10.6. The largest absolute Gasteiger partial charge is 0.481 e. The summed E-state index contributed by atoms with van der Waals surface area (Å²) < 4.78 is 5.28. The van der Waals surface area contributed by atoms with Crippen LogP contribution in [0.15, 0.2) is 0 Å². The molecule has 172 valence electrons. The van der Waals surface area contributed by atoms with E-state index in [4.69, 9.17) is 15.6 Å². The molecular formula is C20H36N4O6. The van der Waals surface area contributed by atoms with Crippen molar-refractivity contribution in [3.05, 3.63) is 0 Å². The topological polar surface area (TPSA) is 151 Å². The van der Waals surface area contributed by atoms with Gasteiger partial charge in [-0.05, 0) is 59.4 Å². The lowest BCUT2D eigenvalue weighted by molar-refractivity contribution is -0.137. The summed E-state index contributed by atoms with van der Waals surface area (Å²) in [4.78, 5) is 49.8. The molecule has 0 radical (unpaired) electrons. The zero-order valence-electron chi connectivity index (χ0n) is 18.2. The van der Waals surface area contributed by atoms with E-state index in [1.807, 2.05) is 0 Å². The standard InChI is InChI=1S/C20H36N4O6/c1-20(2,3)30-19(29)23-15(8-4-5-10-21)18(28)24-12-6-7-14(13-24)17(27)22-11-9-16(25)26/h14-15H,4-13,21H2,1-3H3,(H,22,27)(H,23,29)(H,25,26)/t14-,15+/m1/s1. The van der Waals surface area contributed by atoms with E-state index in [9.17, 15) is 19.2 Å². The van der Waals surface area contributed by atoms with E-state index in [1.54, 1.807) is 25.7 Å². The summed E-state index contributed by atoms with van der Waals surface area (Å²) in [6, 6.07) is -0.750. The fourth-order valence-electron chi connectivity index (χ4n) is 3.25. The molecule has 1 saturated heterocycles. The van der Waals surface area contributed by atoms with Crippen molar-refractivity contribution in [2.75, 3.05) is 26.2 Å². The van der Waals surface area contributed by atoms with Crippen LogP contribution in [0.4, 0.5) is 4.79 Å². The van der Waals surface area contributed by atoms with Gasteiger partial charge >= 0.3 is 12.1 Å². The molecule has 0 unspecified atom stereocenters. The first-order valence-electron chi connectivity index (χ1n) is 10.5. The second-order valence-electron chi connectivity index (χ2n) is 8.54. The molecule has 1 aliphatic rings. The van der Waals surface area contributed by atoms with Crippen molar-refractivity contribution < 1.29 is 29.0 Å². The number of rotatable bonds is 10. The number of unbranched alkanes of at least 4 members (excludes halogenated alkanes) is 1. The maximum absolute atomic E-state index is 13.1. The van der Waals surface area contributed by atoms with Crippen LogP contribution in [0.5, 0.6) is 0 Å². The quantitative estimate of drug-likeness (QED) is 0.376. The van der Waals surface area contributed by atoms with E-state index in [0.29, 0.717) is 38.8 Å². The molecule has 0 bridgehead atoms. The molecule has 5 N–H and O–H groups in total. The van der Waals surface area contributed by atoms with Gasteiger partial charge in [0.05, 0.1) is 12.3 Å². The van der Waals surface area contributed by atoms with Gasteiger partial charge in [0.1, 0.15) is 11.6 Å². The summed E-state index contributed by atoms with van der Waals surface area (Å²) >= 11 is 0. The third-order valence-corrected chi connectivity index (χ3v) is 4.68. The number of alkyl carbamates (subject to hydrolysis) is 1. The Balaban J connectivity index is 2.72. The fraction of sp³-hybridized carbons (Fsp3) is 0.800. The Morgan fingerprint density at radius 1 is 1.23 bits per heavy atom. The molecule has 10 heteroatoms. The molecule has 0 spiro atoms. The Morgan fingerprint density at radius 3 is 2.53 bits per heavy atom. The number of carbonyl (C=O) groups is 4. The normalized spacial score (nSPS) is 17.7. The third kappa shape index (κ3) is 9.91. The monoisotopic (exact) mass is 428 g/mol. The summed E-state index contributed by atoms with van der Waals surface area (Å²) in [5.74, 6) is -1.89. The van der Waals surface area contributed by atoms with Crippen molar-refractivity contribution in [1.29, 1.82) is 0 Å². The molecule has 1 aliphatic heterocycles. The van der Waals surface area contributed by atoms with Gasteiger partial charge in [0, 0.05) is 19.6 Å². The van der Waals surface area contributed by atoms with Gasteiger partial charge in [0.25, 0.3) is 0 Å². The van der Waals surface area contributed by atoms with E-state index in [1.165, 1.54) is 0 Å². The Morgan fingerprint density at radius 2 is 1.93 bits per heavy atom. The van der Waals surface area contributed by atoms with Crippen molar-refractivity contribution in [3.8, 4) is 0 Å². The average Bonchev–Trinajstić information content (AvgIpc) is 2.65. The molecule has 3 amide bonds. The summed E-state index contributed by atoms with van der Waals surface area (Å²) in [6.07, 6.45) is 2.31. The van der Waals surface area contributed by atoms with Crippen LogP contribution in [0.25, 0.3) is 0 Å². The zero-order valence-corrected chi connectivity index (χ0v) is 18.2. The molecule has 0 saturated carbocycles. The number of likely N-dealkylation sites (tertiary alicyclic amines) is 1. The van der Waals surface area contributed by atoms with E-state index in [0.717, 1.165) is 6.42 Å². The number of ether oxygens (including phenoxy) is 1. The summed E-state index contributed by atoms with van der Waals surface area (Å²) in [6.45, 7) is 6.53. The number of nitrogens with zero attached hydrogens (tertiary/aromatic N) is 1. The molecule has 0 aromatic rings. The van der Waals surface area contributed by atoms with Crippen molar-refractivity contribution in [3.63, 3.8) is 0 Å². The van der Waals surface area contributed by atoms with Gasteiger partial charge < -0.3 is 31.1 Å². The highest BCUT2D eigenvalue weighted by Gasteiger charge is 2.33. The summed E-state index contributed by atoms with van der Waals surface area (Å²) in [7, 11) is 0. The van der Waals surface area contributed by atoms with Gasteiger partial charge in [0.2, 0.25) is 11.8 Å². The van der Waals surface area contributed by atoms with E-state index < -0.39 is 29.6 Å². The lowest BCUT2D eigenvalue weighted by Crippen LogP contribution is -2.53. The highest BCUT2D eigenvalue weighted by Crippen LogP contribution is 2.19. The minimum atomic E-state index is -0.982. The number of aliphatic carboxylic acids is 1. The van der Waals surface area contributed by atoms with Crippen molar-refractivity contribution in [2.24, 2.45) is 11.7 Å². The molecule has 2 atom stereocenters. The van der Waals surface area contributed by atoms with Crippen LogP contribution < -0.4 is 16.4 Å². The van der Waals surface area contributed by atoms with E-state index in [2.05, 4.69) is 10.6 Å². The third-order valence-electron chi connectivity index (χ3n) is 4.68. The van der Waals surface area contributed by atoms with Crippen LogP contribution in [0.2, 0.25) is 0 Å². The van der Waals surface area contributed by atoms with E-state index >= 15 is 0 Å². The first-order valence-corrected chi connectivity index (χ1v) is 10.5. The van der Waals surface area contributed by atoms with Gasteiger partial charge in [-0.25, -0.2) is 4.79 Å². The number of carboxylic acid groups (broad SMARTS) is 1. The Bertz CT molecular complexity index is 605. The molecule has 1 rings (SSSR count). The zero-order chi connectivity index (χ0) is 22.7. The van der Waals surface area contributed by atoms with E-state index in [-0.39, 0.29) is 31.3 Å². The minimum Gasteiger partial charge on any atom is -0.481 e. The van der Waals surface area contributed by atoms with Crippen molar-refractivity contribution in [2.45, 2.75) is 70.9 Å². The molecule has 0 aromatic carbocycles. The Hall–Kier alpha value is -2.36. The van der Waals surface area contributed by atoms with Crippen molar-refractivity contribution in [1.82, 2.24) is 15.5 Å². The number of carboxylic acids is 1. The molecule has 30 heavy (non-hydrogen) atoms. The SMILES string of the molecule is CC(C)(C)OC(=O)N[C@@H](CCCCN)C(=O)N1CCC[C@@H](C(=O)NCCC(=O)O)C1. The predicted octanol–water partition coefficient (Wildman–Crippen LogP) is 0.838. The molecular weight excluding hydrogens is 392 g/mol. The molecule has 0 aliphatic carbocycles. The molecule has 1 heterocycles. The summed E-state index contributed by atoms with van der Waals surface area (Å²) in [5, 5.41) is 14.0. The highest BCUT2D eigenvalue weighted by atomic mass is 16.6. The number of hydrogen-bond donors (Lipinski definition) is 4. The Labute approximate surface area is 177 Å². The number of nitrogens with two attached hydrogens (primary N) is 1. The molecule has 0 aromatic heterocycles. The second-order valence-corrected chi connectivity index (χ2v) is 8.54. The number of hydrogen-bond acceptors (Lipinski definition) is 6. The number of amides is 3. The number of carbonyl (C=O) groups excluding carboxylic acids is 3. The number of piperidine rings is 1. The maximum Gasteiger partial charge on any atom is 0.408 e. The molecule has 1 fully saturated rings. The fourth-order valence-corrected chi connectivity index (χ4v) is 3.25. The first-order chi connectivity index (χ1) is 14.0. The number of nitrogens with one attached hydrogen (secondary N) is 2. The average molecular weight is 429 g/mol. The lowest BCUT2D eigenvalue weighted by atomic mass is 9.96. The first kappa shape index (κ1) is 25.7. The van der Waals surface area contributed by atoms with Gasteiger partial charge in [-0.1, -0.05) is 0 Å². The van der Waals surface area contributed by atoms with Crippen LogP contribution in [0.3, 0.4) is 0 Å². The molecule has 10 nitrogen and oxygen atoms in total. The van der Waals surface area contributed by atoms with Crippen molar-refractivity contribution >= 4 is 23.9 Å². The lowest BCUT2D eigenvalue weighted by Gasteiger charge is -2.34. The van der Waals surface area contributed by atoms with Crippen LogP contribution in [-0.2, 0) is 19.1 Å². The highest BCUT2D eigenvalue weighted by molar-refractivity contribution is 5.87. The van der Waals surface area contributed by atoms with Gasteiger partial charge in [0.15, 0.2) is 0 Å². The predicted molar refractivity (Wildman–Crippen MR) is 111 cm³/mol. The smallest absolute Gasteiger partial charge is 0.408 e.